The normalized spacial score (nSPS) is 21.5. The number of ether oxygens (including phenoxy) is 1. The molecule has 0 amide bonds. The molecule has 0 aromatic heterocycles. The van der Waals surface area contributed by atoms with Crippen LogP contribution >= 0.6 is 15.9 Å². The standard InChI is InChI=1S/C16H20BrNO3/c17-13-11-12(16(15(19)20)5-1-2-6-16)3-4-14(13)18-7-9-21-10-8-18/h3-4,11H,1-2,5-10H2,(H,19,20). The second kappa shape index (κ2) is 5.97. The number of carbonyl (C=O) groups is 1. The summed E-state index contributed by atoms with van der Waals surface area (Å²) >= 11 is 3.63. The number of benzene rings is 1. The minimum atomic E-state index is -0.689. The molecule has 0 radical (unpaired) electrons. The van der Waals surface area contributed by atoms with Gasteiger partial charge in [0.2, 0.25) is 0 Å². The highest BCUT2D eigenvalue weighted by Gasteiger charge is 2.43. The van der Waals surface area contributed by atoms with E-state index in [-0.39, 0.29) is 0 Å². The van der Waals surface area contributed by atoms with E-state index in [1.54, 1.807) is 0 Å². The molecule has 0 unspecified atom stereocenters. The fourth-order valence-electron chi connectivity index (χ4n) is 3.47. The number of rotatable bonds is 3. The van der Waals surface area contributed by atoms with Gasteiger partial charge in [0, 0.05) is 17.6 Å². The van der Waals surface area contributed by atoms with Gasteiger partial charge in [0.05, 0.1) is 24.3 Å². The summed E-state index contributed by atoms with van der Waals surface area (Å²) in [6.07, 6.45) is 3.47. The first kappa shape index (κ1) is 14.9. The predicted octanol–water partition coefficient (Wildman–Crippen LogP) is 3.18. The van der Waals surface area contributed by atoms with Crippen LogP contribution in [0.2, 0.25) is 0 Å². The molecule has 1 aromatic rings. The molecule has 21 heavy (non-hydrogen) atoms. The number of anilines is 1. The second-order valence-electron chi connectivity index (χ2n) is 5.86. The van der Waals surface area contributed by atoms with Crippen molar-refractivity contribution >= 4 is 27.6 Å². The fraction of sp³-hybridized carbons (Fsp3) is 0.562. The van der Waals surface area contributed by atoms with Crippen molar-refractivity contribution in [3.8, 4) is 0 Å². The Labute approximate surface area is 133 Å². The monoisotopic (exact) mass is 353 g/mol. The van der Waals surface area contributed by atoms with Crippen LogP contribution in [0.25, 0.3) is 0 Å². The maximum atomic E-state index is 11.8. The summed E-state index contributed by atoms with van der Waals surface area (Å²) < 4.78 is 6.36. The van der Waals surface area contributed by atoms with Crippen molar-refractivity contribution in [1.82, 2.24) is 0 Å². The van der Waals surface area contributed by atoms with Crippen molar-refractivity contribution in [2.75, 3.05) is 31.2 Å². The fourth-order valence-corrected chi connectivity index (χ4v) is 4.10. The molecule has 4 nitrogen and oxygen atoms in total. The zero-order valence-corrected chi connectivity index (χ0v) is 13.6. The Kier molecular flexibility index (Phi) is 4.22. The molecule has 1 aromatic carbocycles. The molecule has 0 atom stereocenters. The van der Waals surface area contributed by atoms with Gasteiger partial charge in [0.25, 0.3) is 0 Å². The number of hydrogen-bond acceptors (Lipinski definition) is 3. The minimum absolute atomic E-state index is 0.688. The third-order valence-electron chi connectivity index (χ3n) is 4.72. The number of morpholine rings is 1. The molecule has 5 heteroatoms. The molecular weight excluding hydrogens is 334 g/mol. The van der Waals surface area contributed by atoms with E-state index in [2.05, 4.69) is 20.8 Å². The molecular formula is C16H20BrNO3. The highest BCUT2D eigenvalue weighted by atomic mass is 79.9. The lowest BCUT2D eigenvalue weighted by atomic mass is 9.79. The molecule has 3 rings (SSSR count). The van der Waals surface area contributed by atoms with Crippen molar-refractivity contribution in [3.63, 3.8) is 0 Å². The molecule has 2 fully saturated rings. The lowest BCUT2D eigenvalue weighted by Gasteiger charge is -2.31. The Morgan fingerprint density at radius 1 is 1.24 bits per heavy atom. The molecule has 1 saturated carbocycles. The third-order valence-corrected chi connectivity index (χ3v) is 5.35. The van der Waals surface area contributed by atoms with E-state index in [9.17, 15) is 9.90 Å². The Morgan fingerprint density at radius 3 is 2.48 bits per heavy atom. The van der Waals surface area contributed by atoms with Crippen molar-refractivity contribution in [2.45, 2.75) is 31.1 Å². The van der Waals surface area contributed by atoms with Gasteiger partial charge in [0.15, 0.2) is 0 Å². The minimum Gasteiger partial charge on any atom is -0.481 e. The van der Waals surface area contributed by atoms with Crippen LogP contribution in [0, 0.1) is 0 Å². The third kappa shape index (κ3) is 2.69. The second-order valence-corrected chi connectivity index (χ2v) is 6.71. The molecule has 2 aliphatic rings. The van der Waals surface area contributed by atoms with Crippen LogP contribution in [-0.2, 0) is 14.9 Å². The van der Waals surface area contributed by atoms with E-state index >= 15 is 0 Å². The van der Waals surface area contributed by atoms with Gasteiger partial charge in [-0.3, -0.25) is 4.79 Å². The summed E-state index contributed by atoms with van der Waals surface area (Å²) in [7, 11) is 0. The summed E-state index contributed by atoms with van der Waals surface area (Å²) in [5.41, 5.74) is 1.36. The largest absolute Gasteiger partial charge is 0.481 e. The molecule has 1 aliphatic carbocycles. The Bertz CT molecular complexity index is 534. The topological polar surface area (TPSA) is 49.8 Å². The van der Waals surface area contributed by atoms with Crippen LogP contribution in [0.4, 0.5) is 5.69 Å². The van der Waals surface area contributed by atoms with Gasteiger partial charge < -0.3 is 14.7 Å². The van der Waals surface area contributed by atoms with Crippen LogP contribution in [0.5, 0.6) is 0 Å². The summed E-state index contributed by atoms with van der Waals surface area (Å²) in [6, 6.07) is 6.05. The quantitative estimate of drug-likeness (QED) is 0.906. The van der Waals surface area contributed by atoms with E-state index in [1.165, 1.54) is 0 Å². The summed E-state index contributed by atoms with van der Waals surface area (Å²) in [5.74, 6) is -0.689. The number of carboxylic acid groups (broad SMARTS) is 1. The van der Waals surface area contributed by atoms with Gasteiger partial charge in [-0.1, -0.05) is 18.9 Å². The Morgan fingerprint density at radius 2 is 1.90 bits per heavy atom. The van der Waals surface area contributed by atoms with Gasteiger partial charge in [-0.05, 0) is 46.5 Å². The number of nitrogens with zero attached hydrogens (tertiary/aromatic N) is 1. The van der Waals surface area contributed by atoms with Crippen molar-refractivity contribution < 1.29 is 14.6 Å². The molecule has 1 aliphatic heterocycles. The zero-order chi connectivity index (χ0) is 14.9. The summed E-state index contributed by atoms with van der Waals surface area (Å²) in [4.78, 5) is 14.1. The van der Waals surface area contributed by atoms with Crippen LogP contribution in [0.15, 0.2) is 22.7 Å². The summed E-state index contributed by atoms with van der Waals surface area (Å²) in [5, 5.41) is 9.68. The van der Waals surface area contributed by atoms with Gasteiger partial charge in [-0.25, -0.2) is 0 Å². The van der Waals surface area contributed by atoms with E-state index in [4.69, 9.17) is 4.74 Å². The highest BCUT2D eigenvalue weighted by molar-refractivity contribution is 9.10. The average Bonchev–Trinajstić information content (AvgIpc) is 2.99. The maximum Gasteiger partial charge on any atom is 0.314 e. The first-order valence-electron chi connectivity index (χ1n) is 7.50. The van der Waals surface area contributed by atoms with Crippen LogP contribution in [-0.4, -0.2) is 37.4 Å². The maximum absolute atomic E-state index is 11.8. The summed E-state index contributed by atoms with van der Waals surface area (Å²) in [6.45, 7) is 3.24. The lowest BCUT2D eigenvalue weighted by Crippen LogP contribution is -2.36. The Hall–Kier alpha value is -1.07. The number of aliphatic carboxylic acids is 1. The number of carboxylic acids is 1. The van der Waals surface area contributed by atoms with Crippen LogP contribution in [0.3, 0.4) is 0 Å². The highest BCUT2D eigenvalue weighted by Crippen LogP contribution is 2.43. The zero-order valence-electron chi connectivity index (χ0n) is 12.0. The smallest absolute Gasteiger partial charge is 0.314 e. The number of halogens is 1. The molecule has 114 valence electrons. The molecule has 1 saturated heterocycles. The first-order valence-corrected chi connectivity index (χ1v) is 8.29. The van der Waals surface area contributed by atoms with Gasteiger partial charge in [0.1, 0.15) is 0 Å². The van der Waals surface area contributed by atoms with Gasteiger partial charge in [-0.15, -0.1) is 0 Å². The van der Waals surface area contributed by atoms with E-state index in [0.717, 1.165) is 67.7 Å². The van der Waals surface area contributed by atoms with Gasteiger partial charge in [-0.2, -0.15) is 0 Å². The molecule has 1 heterocycles. The van der Waals surface area contributed by atoms with Crippen molar-refractivity contribution in [1.29, 1.82) is 0 Å². The Balaban J connectivity index is 1.91. The first-order chi connectivity index (χ1) is 10.1. The van der Waals surface area contributed by atoms with Crippen molar-refractivity contribution in [2.24, 2.45) is 0 Å². The SMILES string of the molecule is O=C(O)C1(c2ccc(N3CCOCC3)c(Br)c2)CCCC1. The average molecular weight is 354 g/mol. The molecule has 0 spiro atoms. The van der Waals surface area contributed by atoms with Crippen LogP contribution < -0.4 is 4.90 Å². The molecule has 0 bridgehead atoms. The van der Waals surface area contributed by atoms with E-state index in [0.29, 0.717) is 0 Å². The van der Waals surface area contributed by atoms with Gasteiger partial charge >= 0.3 is 5.97 Å². The number of hydrogen-bond donors (Lipinski definition) is 1. The predicted molar refractivity (Wildman–Crippen MR) is 85.0 cm³/mol. The van der Waals surface area contributed by atoms with E-state index < -0.39 is 11.4 Å². The lowest BCUT2D eigenvalue weighted by molar-refractivity contribution is -0.143. The van der Waals surface area contributed by atoms with E-state index in [1.807, 2.05) is 18.2 Å². The van der Waals surface area contributed by atoms with Crippen LogP contribution in [0.1, 0.15) is 31.2 Å². The van der Waals surface area contributed by atoms with Crippen molar-refractivity contribution in [3.05, 3.63) is 28.2 Å². The molecule has 1 N–H and O–H groups in total.